The summed E-state index contributed by atoms with van der Waals surface area (Å²) in [6, 6.07) is 15.6. The number of benzene rings is 2. The second kappa shape index (κ2) is 11.5. The highest BCUT2D eigenvalue weighted by Crippen LogP contribution is 2.19. The molecule has 0 radical (unpaired) electrons. The first kappa shape index (κ1) is 24.3. The molecule has 4 rings (SSSR count). The number of hydrogen-bond acceptors (Lipinski definition) is 3. The Morgan fingerprint density at radius 3 is 2.67 bits per heavy atom. The molecule has 0 aliphatic rings. The molecular weight excluding hydrogens is 536 g/mol. The van der Waals surface area contributed by atoms with Gasteiger partial charge in [-0.25, -0.2) is 4.39 Å². The van der Waals surface area contributed by atoms with E-state index in [1.54, 1.807) is 25.2 Å². The van der Waals surface area contributed by atoms with Gasteiger partial charge in [-0.2, -0.15) is 0 Å². The summed E-state index contributed by atoms with van der Waals surface area (Å²) >= 11 is 0. The van der Waals surface area contributed by atoms with Crippen molar-refractivity contribution in [2.75, 3.05) is 18.9 Å². The number of aliphatic imine (C=N–C) groups is 1. The van der Waals surface area contributed by atoms with Crippen molar-refractivity contribution >= 4 is 52.4 Å². The summed E-state index contributed by atoms with van der Waals surface area (Å²) in [4.78, 5) is 19.4. The number of carbonyl (C=O) groups excluding carboxylic acids is 1. The monoisotopic (exact) mass is 561 g/mol. The Morgan fingerprint density at radius 1 is 1.12 bits per heavy atom. The first-order valence-electron chi connectivity index (χ1n) is 10.3. The van der Waals surface area contributed by atoms with E-state index in [-0.39, 0.29) is 41.5 Å². The van der Waals surface area contributed by atoms with E-state index in [4.69, 9.17) is 4.42 Å². The Bertz CT molecular complexity index is 1220. The summed E-state index contributed by atoms with van der Waals surface area (Å²) in [6.07, 6.45) is 4.15. The number of anilines is 1. The van der Waals surface area contributed by atoms with Gasteiger partial charge in [-0.15, -0.1) is 24.0 Å². The molecule has 7 nitrogen and oxygen atoms in total. The zero-order chi connectivity index (χ0) is 22.3. The fourth-order valence-corrected chi connectivity index (χ4v) is 3.39. The van der Waals surface area contributed by atoms with Crippen LogP contribution in [0, 0.1) is 5.82 Å². The number of amides is 1. The van der Waals surface area contributed by atoms with Crippen molar-refractivity contribution in [3.8, 4) is 0 Å². The van der Waals surface area contributed by atoms with E-state index >= 15 is 0 Å². The zero-order valence-corrected chi connectivity index (χ0v) is 20.4. The van der Waals surface area contributed by atoms with Gasteiger partial charge in [-0.3, -0.25) is 9.79 Å². The molecule has 9 heteroatoms. The lowest BCUT2D eigenvalue weighted by Crippen LogP contribution is -2.37. The van der Waals surface area contributed by atoms with Crippen molar-refractivity contribution in [3.63, 3.8) is 0 Å². The van der Waals surface area contributed by atoms with Crippen LogP contribution in [0.15, 0.2) is 76.5 Å². The molecule has 0 saturated carbocycles. The fourth-order valence-electron chi connectivity index (χ4n) is 3.39. The van der Waals surface area contributed by atoms with E-state index in [2.05, 4.69) is 25.9 Å². The maximum Gasteiger partial charge on any atom is 0.291 e. The molecule has 4 aromatic rings. The smallest absolute Gasteiger partial charge is 0.291 e. The van der Waals surface area contributed by atoms with Crippen LogP contribution in [0.5, 0.6) is 0 Å². The Labute approximate surface area is 207 Å². The highest BCUT2D eigenvalue weighted by Gasteiger charge is 2.09. The van der Waals surface area contributed by atoms with Crippen LogP contribution >= 0.6 is 24.0 Å². The lowest BCUT2D eigenvalue weighted by molar-refractivity contribution is 0.0996. The average molecular weight is 561 g/mol. The number of halogens is 2. The Hall–Kier alpha value is -3.34. The van der Waals surface area contributed by atoms with E-state index in [0.29, 0.717) is 24.7 Å². The Balaban J connectivity index is 0.00000306. The lowest BCUT2D eigenvalue weighted by atomic mass is 10.1. The van der Waals surface area contributed by atoms with Gasteiger partial charge in [-0.05, 0) is 60.0 Å². The number of H-pyrrole nitrogens is 1. The van der Waals surface area contributed by atoms with Crippen LogP contribution in [-0.4, -0.2) is 30.4 Å². The van der Waals surface area contributed by atoms with Crippen molar-refractivity contribution < 1.29 is 13.6 Å². The molecule has 33 heavy (non-hydrogen) atoms. The molecule has 0 atom stereocenters. The zero-order valence-electron chi connectivity index (χ0n) is 18.0. The number of aromatic amines is 1. The normalized spacial score (nSPS) is 11.2. The minimum atomic E-state index is -0.286. The number of carbonyl (C=O) groups is 1. The van der Waals surface area contributed by atoms with E-state index in [1.165, 1.54) is 18.4 Å². The number of fused-ring (bicyclic) bond motifs is 1. The molecule has 0 spiro atoms. The second-order valence-electron chi connectivity index (χ2n) is 7.23. The summed E-state index contributed by atoms with van der Waals surface area (Å²) in [6.45, 7) is 1.26. The first-order chi connectivity index (χ1) is 15.6. The van der Waals surface area contributed by atoms with Crippen LogP contribution in [0.2, 0.25) is 0 Å². The summed E-state index contributed by atoms with van der Waals surface area (Å²) < 4.78 is 18.4. The van der Waals surface area contributed by atoms with Gasteiger partial charge in [0.1, 0.15) is 5.82 Å². The average Bonchev–Trinajstić information content (AvgIpc) is 3.47. The maximum atomic E-state index is 13.3. The summed E-state index contributed by atoms with van der Waals surface area (Å²) in [5.74, 6) is 0.420. The molecule has 0 aliphatic heterocycles. The van der Waals surface area contributed by atoms with E-state index < -0.39 is 0 Å². The van der Waals surface area contributed by atoms with Crippen LogP contribution in [-0.2, 0) is 13.0 Å². The molecule has 4 N–H and O–H groups in total. The van der Waals surface area contributed by atoms with Gasteiger partial charge in [0.2, 0.25) is 0 Å². The number of guanidine groups is 1. The number of nitrogens with zero attached hydrogens (tertiary/aromatic N) is 1. The van der Waals surface area contributed by atoms with E-state index in [1.807, 2.05) is 30.5 Å². The molecule has 0 bridgehead atoms. The molecule has 2 heterocycles. The van der Waals surface area contributed by atoms with Crippen molar-refractivity contribution in [2.45, 2.75) is 13.0 Å². The predicted octanol–water partition coefficient (Wildman–Crippen LogP) is 4.68. The second-order valence-corrected chi connectivity index (χ2v) is 7.23. The molecule has 0 fully saturated rings. The van der Waals surface area contributed by atoms with Crippen molar-refractivity contribution in [2.24, 2.45) is 4.99 Å². The highest BCUT2D eigenvalue weighted by atomic mass is 127. The minimum absolute atomic E-state index is 0. The van der Waals surface area contributed by atoms with E-state index in [9.17, 15) is 9.18 Å². The third kappa shape index (κ3) is 6.35. The molecule has 0 aliphatic carbocycles. The van der Waals surface area contributed by atoms with E-state index in [0.717, 1.165) is 28.5 Å². The first-order valence-corrected chi connectivity index (χ1v) is 10.3. The molecule has 2 aromatic heterocycles. The number of nitrogens with one attached hydrogen (secondary N) is 4. The van der Waals surface area contributed by atoms with Crippen molar-refractivity contribution in [3.05, 3.63) is 89.8 Å². The van der Waals surface area contributed by atoms with Gasteiger partial charge < -0.3 is 25.4 Å². The third-order valence-corrected chi connectivity index (χ3v) is 5.06. The van der Waals surface area contributed by atoms with Gasteiger partial charge in [0, 0.05) is 42.9 Å². The molecule has 0 saturated heterocycles. The van der Waals surface area contributed by atoms with Crippen molar-refractivity contribution in [1.29, 1.82) is 0 Å². The largest absolute Gasteiger partial charge is 0.459 e. The number of rotatable bonds is 7. The Kier molecular flexibility index (Phi) is 8.47. The number of hydrogen-bond donors (Lipinski definition) is 4. The standard InChI is InChI=1S/C24H24FN5O2.HI/c1-26-24(27-11-10-17-15-28-21-13-18(25)6-9-20(17)21)29-14-16-4-7-19(8-5-16)30-23(31)22-3-2-12-32-22;/h2-9,12-13,15,28H,10-11,14H2,1H3,(H,30,31)(H2,26,27,29);1H. The molecule has 172 valence electrons. The molecule has 1 amide bonds. The third-order valence-electron chi connectivity index (χ3n) is 5.06. The topological polar surface area (TPSA) is 94.5 Å². The van der Waals surface area contributed by atoms with Gasteiger partial charge >= 0.3 is 0 Å². The number of furan rings is 1. The summed E-state index contributed by atoms with van der Waals surface area (Å²) in [5.41, 5.74) is 3.65. The minimum Gasteiger partial charge on any atom is -0.459 e. The van der Waals surface area contributed by atoms with Crippen LogP contribution < -0.4 is 16.0 Å². The Morgan fingerprint density at radius 2 is 1.94 bits per heavy atom. The maximum absolute atomic E-state index is 13.3. The van der Waals surface area contributed by atoms with Gasteiger partial charge in [0.15, 0.2) is 11.7 Å². The molecule has 2 aromatic carbocycles. The molecular formula is C24H25FIN5O2. The predicted molar refractivity (Wildman–Crippen MR) is 139 cm³/mol. The van der Waals surface area contributed by atoms with Crippen LogP contribution in [0.1, 0.15) is 21.7 Å². The number of aromatic nitrogens is 1. The van der Waals surface area contributed by atoms with Crippen LogP contribution in [0.4, 0.5) is 10.1 Å². The fraction of sp³-hybridized carbons (Fsp3) is 0.167. The van der Waals surface area contributed by atoms with Crippen LogP contribution in [0.3, 0.4) is 0 Å². The highest BCUT2D eigenvalue weighted by molar-refractivity contribution is 14.0. The van der Waals surface area contributed by atoms with Gasteiger partial charge in [0.25, 0.3) is 5.91 Å². The molecule has 0 unspecified atom stereocenters. The van der Waals surface area contributed by atoms with Gasteiger partial charge in [0.05, 0.1) is 6.26 Å². The van der Waals surface area contributed by atoms with Crippen molar-refractivity contribution in [1.82, 2.24) is 15.6 Å². The van der Waals surface area contributed by atoms with Crippen LogP contribution in [0.25, 0.3) is 10.9 Å². The quantitative estimate of drug-likeness (QED) is 0.150. The summed E-state index contributed by atoms with van der Waals surface area (Å²) in [5, 5.41) is 10.4. The van der Waals surface area contributed by atoms with Gasteiger partial charge in [-0.1, -0.05) is 12.1 Å². The lowest BCUT2D eigenvalue weighted by Gasteiger charge is -2.12. The summed E-state index contributed by atoms with van der Waals surface area (Å²) in [7, 11) is 1.72. The SMILES string of the molecule is CN=C(NCCc1c[nH]c2cc(F)ccc12)NCc1ccc(NC(=O)c2ccco2)cc1.I.